The third-order valence-electron chi connectivity index (χ3n) is 3.42. The van der Waals surface area contributed by atoms with Gasteiger partial charge in [0.2, 0.25) is 0 Å². The van der Waals surface area contributed by atoms with Crippen LogP contribution in [0.4, 0.5) is 11.4 Å². The van der Waals surface area contributed by atoms with Crippen LogP contribution in [0, 0.1) is 9.81 Å². The van der Waals surface area contributed by atoms with Crippen LogP contribution in [0.1, 0.15) is 21.5 Å². The van der Waals surface area contributed by atoms with E-state index in [1.54, 1.807) is 11.3 Å². The second-order valence-electron chi connectivity index (χ2n) is 4.68. The molecule has 0 aliphatic carbocycles. The number of nitrogen functional groups attached to an aromatic ring is 1. The standard InChI is InChI=1S/C14H13IN2OS/c1-8-4-9-2-3-17(12(9)6-11(8)16)14(18)10-5-13(15)19-7-10/h4-7H,2-3,16H2,1H3. The van der Waals surface area contributed by atoms with Crippen molar-refractivity contribution in [2.75, 3.05) is 17.2 Å². The van der Waals surface area contributed by atoms with Gasteiger partial charge in [-0.3, -0.25) is 4.79 Å². The van der Waals surface area contributed by atoms with Crippen molar-refractivity contribution in [3.8, 4) is 0 Å². The summed E-state index contributed by atoms with van der Waals surface area (Å²) in [5.41, 5.74) is 10.7. The molecule has 19 heavy (non-hydrogen) atoms. The minimum Gasteiger partial charge on any atom is -0.398 e. The fourth-order valence-corrected chi connectivity index (χ4v) is 3.69. The number of nitrogens with zero attached hydrogens (tertiary/aromatic N) is 1. The Morgan fingerprint density at radius 3 is 2.89 bits per heavy atom. The van der Waals surface area contributed by atoms with E-state index in [0.717, 1.165) is 38.4 Å². The van der Waals surface area contributed by atoms with Gasteiger partial charge in [0.1, 0.15) is 0 Å². The van der Waals surface area contributed by atoms with Gasteiger partial charge in [-0.15, -0.1) is 11.3 Å². The number of hydrogen-bond acceptors (Lipinski definition) is 3. The van der Waals surface area contributed by atoms with E-state index in [1.165, 1.54) is 5.56 Å². The highest BCUT2D eigenvalue weighted by Gasteiger charge is 2.26. The van der Waals surface area contributed by atoms with Crippen LogP contribution in [0.2, 0.25) is 0 Å². The second kappa shape index (κ2) is 4.79. The molecule has 0 saturated heterocycles. The monoisotopic (exact) mass is 384 g/mol. The lowest BCUT2D eigenvalue weighted by Gasteiger charge is -2.17. The number of aryl methyl sites for hydroxylation is 1. The molecule has 3 rings (SSSR count). The minimum atomic E-state index is 0.0705. The molecule has 0 unspecified atom stereocenters. The molecular weight excluding hydrogens is 371 g/mol. The minimum absolute atomic E-state index is 0.0705. The number of anilines is 2. The van der Waals surface area contributed by atoms with Gasteiger partial charge in [-0.1, -0.05) is 6.07 Å². The van der Waals surface area contributed by atoms with E-state index >= 15 is 0 Å². The van der Waals surface area contributed by atoms with Gasteiger partial charge < -0.3 is 10.6 Å². The maximum atomic E-state index is 12.5. The van der Waals surface area contributed by atoms with Crippen molar-refractivity contribution in [1.82, 2.24) is 0 Å². The third-order valence-corrected chi connectivity index (χ3v) is 5.21. The summed E-state index contributed by atoms with van der Waals surface area (Å²) in [7, 11) is 0. The average molecular weight is 384 g/mol. The molecule has 98 valence electrons. The number of fused-ring (bicyclic) bond motifs is 1. The Kier molecular flexibility index (Phi) is 3.26. The first-order valence-corrected chi connectivity index (χ1v) is 7.97. The highest BCUT2D eigenvalue weighted by atomic mass is 127. The molecule has 0 spiro atoms. The van der Waals surface area contributed by atoms with Gasteiger partial charge in [0.05, 0.1) is 8.45 Å². The molecule has 0 bridgehead atoms. The molecule has 3 nitrogen and oxygen atoms in total. The van der Waals surface area contributed by atoms with Gasteiger partial charge in [-0.25, -0.2) is 0 Å². The molecule has 1 aromatic carbocycles. The van der Waals surface area contributed by atoms with E-state index in [1.807, 2.05) is 29.3 Å². The summed E-state index contributed by atoms with van der Waals surface area (Å²) in [4.78, 5) is 14.3. The molecule has 2 N–H and O–H groups in total. The van der Waals surface area contributed by atoms with Crippen LogP contribution < -0.4 is 10.6 Å². The summed E-state index contributed by atoms with van der Waals surface area (Å²) in [6.45, 7) is 2.74. The molecule has 2 aromatic rings. The van der Waals surface area contributed by atoms with Crippen molar-refractivity contribution in [3.05, 3.63) is 43.2 Å². The molecule has 1 aliphatic heterocycles. The quantitative estimate of drug-likeness (QED) is 0.605. The molecule has 5 heteroatoms. The fourth-order valence-electron chi connectivity index (χ4n) is 2.37. The normalized spacial score (nSPS) is 13.7. The van der Waals surface area contributed by atoms with E-state index in [0.29, 0.717) is 0 Å². The third kappa shape index (κ3) is 2.25. The first kappa shape index (κ1) is 12.9. The smallest absolute Gasteiger partial charge is 0.259 e. The number of hydrogen-bond donors (Lipinski definition) is 1. The van der Waals surface area contributed by atoms with Crippen molar-refractivity contribution in [1.29, 1.82) is 0 Å². The number of nitrogens with two attached hydrogens (primary N) is 1. The Balaban J connectivity index is 1.98. The van der Waals surface area contributed by atoms with Crippen LogP contribution in [0.25, 0.3) is 0 Å². The Bertz CT molecular complexity index is 665. The van der Waals surface area contributed by atoms with Crippen LogP contribution in [-0.4, -0.2) is 12.5 Å². The van der Waals surface area contributed by atoms with Crippen molar-refractivity contribution in [3.63, 3.8) is 0 Å². The van der Waals surface area contributed by atoms with Crippen LogP contribution in [0.3, 0.4) is 0 Å². The first-order valence-electron chi connectivity index (χ1n) is 6.01. The van der Waals surface area contributed by atoms with E-state index in [9.17, 15) is 4.79 Å². The highest BCUT2D eigenvalue weighted by Crippen LogP contribution is 2.33. The number of benzene rings is 1. The zero-order valence-corrected chi connectivity index (χ0v) is 13.4. The lowest BCUT2D eigenvalue weighted by Crippen LogP contribution is -2.28. The van der Waals surface area contributed by atoms with Crippen LogP contribution in [0.15, 0.2) is 23.6 Å². The van der Waals surface area contributed by atoms with Crippen LogP contribution >= 0.6 is 33.9 Å². The summed E-state index contributed by atoms with van der Waals surface area (Å²) in [6, 6.07) is 5.95. The molecule has 0 atom stereocenters. The number of halogens is 1. The highest BCUT2D eigenvalue weighted by molar-refractivity contribution is 14.1. The molecule has 2 heterocycles. The van der Waals surface area contributed by atoms with Crippen molar-refractivity contribution in [2.24, 2.45) is 0 Å². The second-order valence-corrected chi connectivity index (χ2v) is 7.49. The largest absolute Gasteiger partial charge is 0.398 e. The Hall–Kier alpha value is -1.08. The number of rotatable bonds is 1. The molecule has 0 fully saturated rings. The van der Waals surface area contributed by atoms with Gasteiger partial charge in [-0.2, -0.15) is 0 Å². The predicted octanol–water partition coefficient (Wildman–Crippen LogP) is 3.45. The number of amides is 1. The molecule has 1 aromatic heterocycles. The SMILES string of the molecule is Cc1cc2c(cc1N)N(C(=O)c1csc(I)c1)CC2. The molecule has 0 saturated carbocycles. The van der Waals surface area contributed by atoms with Crippen molar-refractivity contribution < 1.29 is 4.79 Å². The summed E-state index contributed by atoms with van der Waals surface area (Å²) >= 11 is 3.83. The van der Waals surface area contributed by atoms with Gasteiger partial charge in [0, 0.05) is 23.3 Å². The Morgan fingerprint density at radius 1 is 1.42 bits per heavy atom. The topological polar surface area (TPSA) is 46.3 Å². The lowest BCUT2D eigenvalue weighted by molar-refractivity contribution is 0.0990. The van der Waals surface area contributed by atoms with Crippen molar-refractivity contribution in [2.45, 2.75) is 13.3 Å². The maximum absolute atomic E-state index is 12.5. The van der Waals surface area contributed by atoms with E-state index < -0.39 is 0 Å². The summed E-state index contributed by atoms with van der Waals surface area (Å²) in [6.07, 6.45) is 0.906. The Labute approximate surface area is 129 Å². The fraction of sp³-hybridized carbons (Fsp3) is 0.214. The lowest BCUT2D eigenvalue weighted by atomic mass is 10.1. The predicted molar refractivity (Wildman–Crippen MR) is 88.0 cm³/mol. The van der Waals surface area contributed by atoms with Gasteiger partial charge in [0.15, 0.2) is 0 Å². The van der Waals surface area contributed by atoms with Crippen LogP contribution in [-0.2, 0) is 6.42 Å². The first-order chi connectivity index (χ1) is 9.06. The molecule has 1 aliphatic rings. The number of carbonyl (C=O) groups excluding carboxylic acids is 1. The van der Waals surface area contributed by atoms with Gasteiger partial charge >= 0.3 is 0 Å². The maximum Gasteiger partial charge on any atom is 0.259 e. The van der Waals surface area contributed by atoms with Gasteiger partial charge in [-0.05, 0) is 59.2 Å². The van der Waals surface area contributed by atoms with E-state index in [-0.39, 0.29) is 5.91 Å². The van der Waals surface area contributed by atoms with E-state index in [2.05, 4.69) is 28.7 Å². The number of thiophene rings is 1. The van der Waals surface area contributed by atoms with Crippen molar-refractivity contribution >= 4 is 51.2 Å². The summed E-state index contributed by atoms with van der Waals surface area (Å²) in [5.74, 6) is 0.0705. The average Bonchev–Trinajstić information content (AvgIpc) is 2.96. The molecular formula is C14H13IN2OS. The Morgan fingerprint density at radius 2 is 2.21 bits per heavy atom. The zero-order chi connectivity index (χ0) is 13.6. The summed E-state index contributed by atoms with van der Waals surface area (Å²) in [5, 5.41) is 1.92. The molecule has 1 amide bonds. The number of carbonyl (C=O) groups is 1. The zero-order valence-electron chi connectivity index (χ0n) is 10.4. The molecule has 0 radical (unpaired) electrons. The van der Waals surface area contributed by atoms with E-state index in [4.69, 9.17) is 5.73 Å². The summed E-state index contributed by atoms with van der Waals surface area (Å²) < 4.78 is 1.13. The van der Waals surface area contributed by atoms with Crippen LogP contribution in [0.5, 0.6) is 0 Å². The van der Waals surface area contributed by atoms with Gasteiger partial charge in [0.25, 0.3) is 5.91 Å².